The Morgan fingerprint density at radius 2 is 2.20 bits per heavy atom. The minimum absolute atomic E-state index is 0.607. The number of aliphatic hydroxyl groups is 1. The maximum absolute atomic E-state index is 9.61. The average molecular weight is 211 g/mol. The lowest BCUT2D eigenvalue weighted by Gasteiger charge is -2.25. The minimum Gasteiger partial charge on any atom is -0.389 e. The highest BCUT2D eigenvalue weighted by atomic mass is 16.3. The van der Waals surface area contributed by atoms with Crippen molar-refractivity contribution in [2.24, 2.45) is 0 Å². The van der Waals surface area contributed by atoms with Crippen molar-refractivity contribution in [3.05, 3.63) is 18.7 Å². The van der Waals surface area contributed by atoms with Crippen molar-refractivity contribution in [1.29, 1.82) is 0 Å². The quantitative estimate of drug-likeness (QED) is 0.762. The third-order valence-corrected chi connectivity index (χ3v) is 2.17. The van der Waals surface area contributed by atoms with Gasteiger partial charge < -0.3 is 14.6 Å². The maximum atomic E-state index is 9.61. The summed E-state index contributed by atoms with van der Waals surface area (Å²) in [6, 6.07) is 0. The number of nitrogens with zero attached hydrogens (tertiary/aromatic N) is 3. The van der Waals surface area contributed by atoms with Gasteiger partial charge in [0.2, 0.25) is 0 Å². The van der Waals surface area contributed by atoms with Crippen LogP contribution in [0.1, 0.15) is 20.3 Å². The zero-order valence-electron chi connectivity index (χ0n) is 9.85. The van der Waals surface area contributed by atoms with Crippen LogP contribution < -0.4 is 0 Å². The molecule has 1 heterocycles. The van der Waals surface area contributed by atoms with E-state index in [2.05, 4.69) is 14.5 Å². The normalized spacial score (nSPS) is 12.3. The number of hydrogen-bond donors (Lipinski definition) is 1. The van der Waals surface area contributed by atoms with E-state index in [1.807, 2.05) is 33.4 Å². The van der Waals surface area contributed by atoms with E-state index in [1.165, 1.54) is 0 Å². The molecule has 0 saturated carbocycles. The zero-order valence-corrected chi connectivity index (χ0v) is 9.85. The summed E-state index contributed by atoms with van der Waals surface area (Å²) in [6.07, 6.45) is 6.66. The Bertz CT molecular complexity index is 264. The van der Waals surface area contributed by atoms with E-state index < -0.39 is 5.60 Å². The van der Waals surface area contributed by atoms with E-state index in [1.54, 1.807) is 6.20 Å². The first-order chi connectivity index (χ1) is 6.97. The van der Waals surface area contributed by atoms with Crippen molar-refractivity contribution in [1.82, 2.24) is 14.5 Å². The Kier molecular flexibility index (Phi) is 4.29. The van der Waals surface area contributed by atoms with Crippen LogP contribution in [0, 0.1) is 0 Å². The number of hydrogen-bond acceptors (Lipinski definition) is 3. The van der Waals surface area contributed by atoms with Gasteiger partial charge in [0, 0.05) is 25.5 Å². The van der Waals surface area contributed by atoms with Crippen LogP contribution in [0.2, 0.25) is 0 Å². The summed E-state index contributed by atoms with van der Waals surface area (Å²) in [7, 11) is 2.03. The summed E-state index contributed by atoms with van der Waals surface area (Å²) in [5.41, 5.74) is -0.607. The second-order valence-corrected chi connectivity index (χ2v) is 4.70. The highest BCUT2D eigenvalue weighted by Gasteiger charge is 2.14. The second kappa shape index (κ2) is 5.28. The molecule has 0 radical (unpaired) electrons. The van der Waals surface area contributed by atoms with E-state index in [9.17, 15) is 5.11 Å². The maximum Gasteiger partial charge on any atom is 0.0945 e. The fourth-order valence-electron chi connectivity index (χ4n) is 1.68. The first-order valence-corrected chi connectivity index (χ1v) is 5.34. The fraction of sp³-hybridized carbons (Fsp3) is 0.727. The molecule has 86 valence electrons. The lowest BCUT2D eigenvalue weighted by Crippen LogP contribution is -2.36. The predicted molar refractivity (Wildman–Crippen MR) is 60.6 cm³/mol. The van der Waals surface area contributed by atoms with Crippen molar-refractivity contribution >= 4 is 0 Å². The minimum atomic E-state index is -0.607. The average Bonchev–Trinajstić information content (AvgIpc) is 2.53. The van der Waals surface area contributed by atoms with Gasteiger partial charge in [0.1, 0.15) is 0 Å². The number of aryl methyl sites for hydroxylation is 1. The number of imidazole rings is 1. The Hall–Kier alpha value is -0.870. The highest BCUT2D eigenvalue weighted by Crippen LogP contribution is 2.03. The van der Waals surface area contributed by atoms with Crippen molar-refractivity contribution < 1.29 is 5.11 Å². The molecule has 1 aromatic rings. The standard InChI is InChI=1S/C11H21N3O/c1-11(2,15)9-13(3)6-4-7-14-8-5-12-10-14/h5,8,10,15H,4,6-7,9H2,1-3H3. The van der Waals surface area contributed by atoms with E-state index in [-0.39, 0.29) is 0 Å². The molecule has 0 spiro atoms. The van der Waals surface area contributed by atoms with Gasteiger partial charge in [-0.1, -0.05) is 0 Å². The Morgan fingerprint density at radius 3 is 2.73 bits per heavy atom. The van der Waals surface area contributed by atoms with Crippen LogP contribution >= 0.6 is 0 Å². The van der Waals surface area contributed by atoms with E-state index in [0.29, 0.717) is 6.54 Å². The smallest absolute Gasteiger partial charge is 0.0945 e. The Morgan fingerprint density at radius 1 is 1.47 bits per heavy atom. The molecule has 0 amide bonds. The van der Waals surface area contributed by atoms with Gasteiger partial charge in [-0.3, -0.25) is 0 Å². The van der Waals surface area contributed by atoms with Crippen LogP contribution in [0.5, 0.6) is 0 Å². The van der Waals surface area contributed by atoms with Crippen LogP contribution in [0.25, 0.3) is 0 Å². The first kappa shape index (κ1) is 12.2. The van der Waals surface area contributed by atoms with Crippen LogP contribution in [-0.2, 0) is 6.54 Å². The van der Waals surface area contributed by atoms with Crippen molar-refractivity contribution in [2.45, 2.75) is 32.4 Å². The summed E-state index contributed by atoms with van der Waals surface area (Å²) < 4.78 is 2.07. The lowest BCUT2D eigenvalue weighted by molar-refractivity contribution is 0.0440. The first-order valence-electron chi connectivity index (χ1n) is 5.34. The molecule has 1 rings (SSSR count). The second-order valence-electron chi connectivity index (χ2n) is 4.70. The third kappa shape index (κ3) is 5.54. The highest BCUT2D eigenvalue weighted by molar-refractivity contribution is 4.74. The van der Waals surface area contributed by atoms with Gasteiger partial charge in [-0.15, -0.1) is 0 Å². The molecule has 0 aliphatic heterocycles. The van der Waals surface area contributed by atoms with Crippen LogP contribution in [0.4, 0.5) is 0 Å². The fourth-order valence-corrected chi connectivity index (χ4v) is 1.68. The number of aromatic nitrogens is 2. The molecule has 0 aromatic carbocycles. The van der Waals surface area contributed by atoms with Crippen molar-refractivity contribution in [3.8, 4) is 0 Å². The summed E-state index contributed by atoms with van der Waals surface area (Å²) in [5, 5.41) is 9.61. The molecule has 4 heteroatoms. The lowest BCUT2D eigenvalue weighted by atomic mass is 10.1. The van der Waals surface area contributed by atoms with Crippen LogP contribution in [0.15, 0.2) is 18.7 Å². The molecular weight excluding hydrogens is 190 g/mol. The summed E-state index contributed by atoms with van der Waals surface area (Å²) in [5.74, 6) is 0. The molecule has 0 atom stereocenters. The summed E-state index contributed by atoms with van der Waals surface area (Å²) >= 11 is 0. The van der Waals surface area contributed by atoms with Gasteiger partial charge in [0.05, 0.1) is 11.9 Å². The van der Waals surface area contributed by atoms with Gasteiger partial charge in [0.15, 0.2) is 0 Å². The zero-order chi connectivity index (χ0) is 11.3. The molecule has 0 aliphatic carbocycles. The van der Waals surface area contributed by atoms with Gasteiger partial charge in [-0.25, -0.2) is 4.98 Å². The predicted octanol–water partition coefficient (Wildman–Crippen LogP) is 0.976. The molecule has 0 bridgehead atoms. The SMILES string of the molecule is CN(CCCn1ccnc1)CC(C)(C)O. The van der Waals surface area contributed by atoms with E-state index >= 15 is 0 Å². The molecule has 0 fully saturated rings. The molecule has 0 aliphatic rings. The molecule has 1 aromatic heterocycles. The molecule has 1 N–H and O–H groups in total. The number of likely N-dealkylation sites (N-methyl/N-ethyl adjacent to an activating group) is 1. The summed E-state index contributed by atoms with van der Waals surface area (Å²) in [6.45, 7) is 6.34. The molecular formula is C11H21N3O. The van der Waals surface area contributed by atoms with Crippen LogP contribution in [0.3, 0.4) is 0 Å². The monoisotopic (exact) mass is 211 g/mol. The van der Waals surface area contributed by atoms with E-state index in [0.717, 1.165) is 19.5 Å². The van der Waals surface area contributed by atoms with Gasteiger partial charge in [-0.2, -0.15) is 0 Å². The largest absolute Gasteiger partial charge is 0.389 e. The van der Waals surface area contributed by atoms with Gasteiger partial charge in [-0.05, 0) is 33.9 Å². The van der Waals surface area contributed by atoms with E-state index in [4.69, 9.17) is 0 Å². The number of rotatable bonds is 6. The Labute approximate surface area is 91.5 Å². The molecule has 15 heavy (non-hydrogen) atoms. The van der Waals surface area contributed by atoms with Gasteiger partial charge in [0.25, 0.3) is 0 Å². The van der Waals surface area contributed by atoms with Crippen LogP contribution in [-0.4, -0.2) is 45.3 Å². The van der Waals surface area contributed by atoms with Gasteiger partial charge >= 0.3 is 0 Å². The summed E-state index contributed by atoms with van der Waals surface area (Å²) in [4.78, 5) is 6.14. The molecule has 0 unspecified atom stereocenters. The topological polar surface area (TPSA) is 41.3 Å². The third-order valence-electron chi connectivity index (χ3n) is 2.17. The molecule has 0 saturated heterocycles. The Balaban J connectivity index is 2.15. The molecule has 4 nitrogen and oxygen atoms in total. The van der Waals surface area contributed by atoms with Crippen molar-refractivity contribution in [3.63, 3.8) is 0 Å². The van der Waals surface area contributed by atoms with Crippen molar-refractivity contribution in [2.75, 3.05) is 20.1 Å².